The van der Waals surface area contributed by atoms with Crippen LogP contribution in [0.4, 0.5) is 0 Å². The van der Waals surface area contributed by atoms with Crippen LogP contribution >= 0.6 is 11.6 Å². The van der Waals surface area contributed by atoms with E-state index in [1.807, 2.05) is 21.7 Å². The van der Waals surface area contributed by atoms with E-state index < -0.39 is 0 Å². The number of alkyl halides is 1. The van der Waals surface area contributed by atoms with Gasteiger partial charge in [-0.25, -0.2) is 0 Å². The van der Waals surface area contributed by atoms with E-state index in [0.29, 0.717) is 0 Å². The minimum atomic E-state index is 0. The SMILES string of the molecule is [Br-].[Mg+][CH2]CCCCl. The number of rotatable bonds is 3. The van der Waals surface area contributed by atoms with Crippen LogP contribution < -0.4 is 17.0 Å². The van der Waals surface area contributed by atoms with Crippen LogP contribution in [-0.2, 0) is 0 Å². The molecule has 0 spiro atoms. The molecule has 0 aliphatic carbocycles. The van der Waals surface area contributed by atoms with Gasteiger partial charge in [-0.1, -0.05) is 0 Å². The second kappa shape index (κ2) is 10.5. The topological polar surface area (TPSA) is 0 Å². The Kier molecular flexibility index (Phi) is 17.0. The Hall–Kier alpha value is 1.54. The van der Waals surface area contributed by atoms with Gasteiger partial charge in [0.2, 0.25) is 0 Å². The van der Waals surface area contributed by atoms with Gasteiger partial charge in [-0.2, -0.15) is 0 Å². The fourth-order valence-electron chi connectivity index (χ4n) is 0.271. The maximum atomic E-state index is 5.38. The van der Waals surface area contributed by atoms with Gasteiger partial charge < -0.3 is 17.0 Å². The maximum absolute atomic E-state index is 5.38. The predicted octanol–water partition coefficient (Wildman–Crippen LogP) is -1.40. The van der Waals surface area contributed by atoms with E-state index in [2.05, 4.69) is 0 Å². The van der Waals surface area contributed by atoms with Crippen molar-refractivity contribution >= 4 is 33.3 Å². The van der Waals surface area contributed by atoms with Crippen LogP contribution in [0.25, 0.3) is 0 Å². The fourth-order valence-corrected chi connectivity index (χ4v) is 0.814. The Labute approximate surface area is 73.2 Å². The molecule has 40 valence electrons. The summed E-state index contributed by atoms with van der Waals surface area (Å²) >= 11 is 7.39. The molecule has 0 heterocycles. The molecule has 3 heteroatoms. The molecular weight excluding hydrogens is 188 g/mol. The average molecular weight is 196 g/mol. The molecule has 0 aromatic heterocycles. The fraction of sp³-hybridized carbons (Fsp3) is 1.00. The summed E-state index contributed by atoms with van der Waals surface area (Å²) in [5, 5.41) is 0. The zero-order chi connectivity index (χ0) is 4.83. The quantitative estimate of drug-likeness (QED) is 0.295. The van der Waals surface area contributed by atoms with Crippen molar-refractivity contribution in [2.24, 2.45) is 0 Å². The molecule has 0 saturated heterocycles. The van der Waals surface area contributed by atoms with Crippen LogP contribution in [0, 0.1) is 0 Å². The Morgan fingerprint density at radius 3 is 2.00 bits per heavy atom. The van der Waals surface area contributed by atoms with Crippen molar-refractivity contribution in [1.82, 2.24) is 0 Å². The Balaban J connectivity index is 0. The first kappa shape index (κ1) is 11.3. The molecule has 0 atom stereocenters. The summed E-state index contributed by atoms with van der Waals surface area (Å²) in [5.74, 6) is 0.832. The number of hydrogen-bond acceptors (Lipinski definition) is 0. The van der Waals surface area contributed by atoms with Crippen molar-refractivity contribution in [1.29, 1.82) is 0 Å². The molecule has 0 aromatic rings. The molecule has 0 aliphatic heterocycles. The zero-order valence-corrected chi connectivity index (χ0v) is 8.05. The van der Waals surface area contributed by atoms with Crippen LogP contribution in [0.1, 0.15) is 12.8 Å². The van der Waals surface area contributed by atoms with E-state index in [1.54, 1.807) is 0 Å². The van der Waals surface area contributed by atoms with E-state index in [0.717, 1.165) is 5.88 Å². The van der Waals surface area contributed by atoms with Gasteiger partial charge in [0, 0.05) is 0 Å². The monoisotopic (exact) mass is 194 g/mol. The van der Waals surface area contributed by atoms with Gasteiger partial charge in [0.25, 0.3) is 0 Å². The first-order valence-corrected chi connectivity index (χ1v) is 3.80. The second-order valence-corrected chi connectivity index (χ2v) is 2.33. The first-order valence-electron chi connectivity index (χ1n) is 2.27. The molecular formula is C4H8BrClMg. The van der Waals surface area contributed by atoms with Gasteiger partial charge in [-0.3, -0.25) is 0 Å². The van der Waals surface area contributed by atoms with Crippen molar-refractivity contribution in [3.05, 3.63) is 0 Å². The van der Waals surface area contributed by atoms with Crippen LogP contribution in [0.2, 0.25) is 4.55 Å². The molecule has 0 saturated carbocycles. The average Bonchev–Trinajstić information content (AvgIpc) is 1.61. The van der Waals surface area contributed by atoms with E-state index in [9.17, 15) is 0 Å². The molecule has 0 N–H and O–H groups in total. The summed E-state index contributed by atoms with van der Waals surface area (Å²) in [6.45, 7) is 0. The summed E-state index contributed by atoms with van der Waals surface area (Å²) in [7, 11) is 0. The van der Waals surface area contributed by atoms with E-state index in [-0.39, 0.29) is 17.0 Å². The molecule has 0 fully saturated rings. The summed E-state index contributed by atoms with van der Waals surface area (Å²) in [6.07, 6.45) is 2.48. The van der Waals surface area contributed by atoms with E-state index >= 15 is 0 Å². The van der Waals surface area contributed by atoms with Gasteiger partial charge >= 0.3 is 56.6 Å². The summed E-state index contributed by atoms with van der Waals surface area (Å²) in [4.78, 5) is 0. The second-order valence-electron chi connectivity index (χ2n) is 1.25. The Morgan fingerprint density at radius 2 is 1.86 bits per heavy atom. The zero-order valence-electron chi connectivity index (χ0n) is 4.29. The molecule has 0 nitrogen and oxygen atoms in total. The summed E-state index contributed by atoms with van der Waals surface area (Å²) in [5.41, 5.74) is 0. The van der Waals surface area contributed by atoms with Crippen LogP contribution in [0.5, 0.6) is 0 Å². The molecule has 0 aliphatic rings. The molecule has 0 bridgehead atoms. The molecule has 0 rings (SSSR count). The Morgan fingerprint density at radius 1 is 1.29 bits per heavy atom. The summed E-state index contributed by atoms with van der Waals surface area (Å²) < 4.78 is 1.30. The van der Waals surface area contributed by atoms with Gasteiger partial charge in [-0.15, -0.1) is 0 Å². The predicted molar refractivity (Wildman–Crippen MR) is 30.5 cm³/mol. The first-order chi connectivity index (χ1) is 2.91. The Bertz CT molecular complexity index is 23.7. The van der Waals surface area contributed by atoms with Crippen molar-refractivity contribution in [2.45, 2.75) is 17.4 Å². The van der Waals surface area contributed by atoms with Crippen LogP contribution in [0.3, 0.4) is 0 Å². The molecule has 0 aromatic carbocycles. The normalized spacial score (nSPS) is 7.86. The van der Waals surface area contributed by atoms with Crippen LogP contribution in [-0.4, -0.2) is 27.6 Å². The third kappa shape index (κ3) is 11.2. The third-order valence-electron chi connectivity index (χ3n) is 0.634. The van der Waals surface area contributed by atoms with E-state index in [4.69, 9.17) is 11.6 Å². The van der Waals surface area contributed by atoms with Crippen molar-refractivity contribution in [2.75, 3.05) is 5.88 Å². The molecule has 0 amide bonds. The van der Waals surface area contributed by atoms with Crippen molar-refractivity contribution < 1.29 is 17.0 Å². The van der Waals surface area contributed by atoms with E-state index in [1.165, 1.54) is 17.4 Å². The van der Waals surface area contributed by atoms with Crippen molar-refractivity contribution in [3.8, 4) is 0 Å². The van der Waals surface area contributed by atoms with Crippen LogP contribution in [0.15, 0.2) is 0 Å². The van der Waals surface area contributed by atoms with Gasteiger partial charge in [-0.05, 0) is 0 Å². The standard InChI is InChI=1S/C4H8Cl.BrH.Mg/c1-2-3-4-5;;/h1-4H2;1H;/q;;+1/p-1. The molecule has 7 heavy (non-hydrogen) atoms. The number of hydrogen-bond donors (Lipinski definition) is 0. The van der Waals surface area contributed by atoms with Crippen molar-refractivity contribution in [3.63, 3.8) is 0 Å². The number of halogens is 2. The minimum absolute atomic E-state index is 0. The summed E-state index contributed by atoms with van der Waals surface area (Å²) in [6, 6.07) is 0. The van der Waals surface area contributed by atoms with Gasteiger partial charge in [0.1, 0.15) is 0 Å². The number of unbranched alkanes of at least 4 members (excludes halogenated alkanes) is 1. The van der Waals surface area contributed by atoms with Gasteiger partial charge in [0.15, 0.2) is 0 Å². The third-order valence-corrected chi connectivity index (χ3v) is 1.40. The molecule has 0 radical (unpaired) electrons. The van der Waals surface area contributed by atoms with Gasteiger partial charge in [0.05, 0.1) is 0 Å². The molecule has 0 unspecified atom stereocenters.